The summed E-state index contributed by atoms with van der Waals surface area (Å²) in [4.78, 5) is 27.4. The van der Waals surface area contributed by atoms with Crippen LogP contribution in [0.3, 0.4) is 0 Å². The zero-order valence-corrected chi connectivity index (χ0v) is 17.4. The van der Waals surface area contributed by atoms with E-state index in [1.54, 1.807) is 36.1 Å². The summed E-state index contributed by atoms with van der Waals surface area (Å²) in [5, 5.41) is 3.53. The van der Waals surface area contributed by atoms with Crippen molar-refractivity contribution in [2.75, 3.05) is 6.61 Å². The molecule has 0 saturated heterocycles. The zero-order valence-electron chi connectivity index (χ0n) is 16.6. The van der Waals surface area contributed by atoms with Crippen molar-refractivity contribution in [2.24, 2.45) is 0 Å². The third kappa shape index (κ3) is 5.97. The fourth-order valence-corrected chi connectivity index (χ4v) is 3.73. The maximum Gasteiger partial charge on any atom is 0.261 e. The molecule has 0 radical (unpaired) electrons. The first-order valence-electron chi connectivity index (χ1n) is 10.1. The first-order valence-corrected chi connectivity index (χ1v) is 10.4. The summed E-state index contributed by atoms with van der Waals surface area (Å²) in [6.45, 7) is 1.92. The van der Waals surface area contributed by atoms with Gasteiger partial charge in [-0.1, -0.05) is 66.9 Å². The van der Waals surface area contributed by atoms with Gasteiger partial charge in [0.1, 0.15) is 11.8 Å². The Morgan fingerprint density at radius 1 is 1.10 bits per heavy atom. The standard InChI is InChI=1S/C23H27ClN2O3/c1-17(23(28)25-19-11-5-6-12-19)26(15-18-9-3-2-4-10-18)22(27)16-29-21-14-8-7-13-20(21)24/h2-4,7-10,13-14,17,19H,5-6,11-12,15-16H2,1H3,(H,25,28). The molecule has 0 spiro atoms. The van der Waals surface area contributed by atoms with Crippen LogP contribution >= 0.6 is 11.6 Å². The molecule has 0 aliphatic heterocycles. The number of carbonyl (C=O) groups excluding carboxylic acids is 2. The minimum Gasteiger partial charge on any atom is -0.482 e. The molecule has 2 amide bonds. The molecule has 5 nitrogen and oxygen atoms in total. The van der Waals surface area contributed by atoms with Gasteiger partial charge in [0.05, 0.1) is 5.02 Å². The highest BCUT2D eigenvalue weighted by molar-refractivity contribution is 6.32. The van der Waals surface area contributed by atoms with Gasteiger partial charge in [-0.2, -0.15) is 0 Å². The Morgan fingerprint density at radius 2 is 1.76 bits per heavy atom. The van der Waals surface area contributed by atoms with Crippen molar-refractivity contribution in [1.29, 1.82) is 0 Å². The third-order valence-corrected chi connectivity index (χ3v) is 5.56. The summed E-state index contributed by atoms with van der Waals surface area (Å²) >= 11 is 6.11. The van der Waals surface area contributed by atoms with Crippen molar-refractivity contribution in [3.8, 4) is 5.75 Å². The molecule has 0 bridgehead atoms. The molecule has 1 atom stereocenters. The number of amides is 2. The van der Waals surface area contributed by atoms with Crippen LogP contribution in [0, 0.1) is 0 Å². The van der Waals surface area contributed by atoms with Gasteiger partial charge in [0.15, 0.2) is 6.61 Å². The number of nitrogens with one attached hydrogen (secondary N) is 1. The third-order valence-electron chi connectivity index (χ3n) is 5.25. The molecular weight excluding hydrogens is 388 g/mol. The average molecular weight is 415 g/mol. The fourth-order valence-electron chi connectivity index (χ4n) is 3.54. The second-order valence-electron chi connectivity index (χ2n) is 7.39. The topological polar surface area (TPSA) is 58.6 Å². The lowest BCUT2D eigenvalue weighted by Gasteiger charge is -2.29. The molecule has 1 aliphatic rings. The van der Waals surface area contributed by atoms with Gasteiger partial charge in [0.2, 0.25) is 5.91 Å². The molecule has 2 aromatic rings. The molecule has 6 heteroatoms. The lowest BCUT2D eigenvalue weighted by molar-refractivity contribution is -0.142. The van der Waals surface area contributed by atoms with Gasteiger partial charge in [-0.05, 0) is 37.5 Å². The van der Waals surface area contributed by atoms with Gasteiger partial charge in [-0.25, -0.2) is 0 Å². The van der Waals surface area contributed by atoms with E-state index in [0.717, 1.165) is 31.2 Å². The van der Waals surface area contributed by atoms with Crippen LogP contribution in [0.4, 0.5) is 0 Å². The van der Waals surface area contributed by atoms with Gasteiger partial charge < -0.3 is 15.0 Å². The van der Waals surface area contributed by atoms with E-state index >= 15 is 0 Å². The SMILES string of the molecule is CC(C(=O)NC1CCCC1)N(Cc1ccccc1)C(=O)COc1ccccc1Cl. The lowest BCUT2D eigenvalue weighted by atomic mass is 10.1. The van der Waals surface area contributed by atoms with Crippen LogP contribution < -0.4 is 10.1 Å². The molecule has 0 heterocycles. The van der Waals surface area contributed by atoms with E-state index in [0.29, 0.717) is 17.3 Å². The van der Waals surface area contributed by atoms with Crippen LogP contribution in [0.5, 0.6) is 5.75 Å². The van der Waals surface area contributed by atoms with Crippen molar-refractivity contribution < 1.29 is 14.3 Å². The van der Waals surface area contributed by atoms with Gasteiger partial charge >= 0.3 is 0 Å². The highest BCUT2D eigenvalue weighted by Crippen LogP contribution is 2.23. The number of hydrogen-bond acceptors (Lipinski definition) is 3. The summed E-state index contributed by atoms with van der Waals surface area (Å²) in [7, 11) is 0. The Balaban J connectivity index is 1.69. The predicted molar refractivity (Wildman–Crippen MR) is 114 cm³/mol. The molecule has 0 aromatic heterocycles. The van der Waals surface area contributed by atoms with E-state index in [1.807, 2.05) is 30.3 Å². The van der Waals surface area contributed by atoms with Crippen molar-refractivity contribution in [3.63, 3.8) is 0 Å². The average Bonchev–Trinajstić information content (AvgIpc) is 3.24. The van der Waals surface area contributed by atoms with E-state index < -0.39 is 6.04 Å². The quantitative estimate of drug-likeness (QED) is 0.704. The lowest BCUT2D eigenvalue weighted by Crippen LogP contribution is -2.50. The van der Waals surface area contributed by atoms with Crippen LogP contribution in [-0.2, 0) is 16.1 Å². The van der Waals surface area contributed by atoms with Crippen LogP contribution in [-0.4, -0.2) is 35.4 Å². The van der Waals surface area contributed by atoms with E-state index in [1.165, 1.54) is 0 Å². The van der Waals surface area contributed by atoms with Crippen LogP contribution in [0.1, 0.15) is 38.2 Å². The van der Waals surface area contributed by atoms with Crippen molar-refractivity contribution in [2.45, 2.75) is 51.2 Å². The minimum atomic E-state index is -0.599. The molecule has 1 saturated carbocycles. The highest BCUT2D eigenvalue weighted by atomic mass is 35.5. The summed E-state index contributed by atoms with van der Waals surface area (Å²) in [5.74, 6) is 0.0620. The Bertz CT molecular complexity index is 822. The van der Waals surface area contributed by atoms with E-state index in [9.17, 15) is 9.59 Å². The largest absolute Gasteiger partial charge is 0.482 e. The second-order valence-corrected chi connectivity index (χ2v) is 7.80. The number of nitrogens with zero attached hydrogens (tertiary/aromatic N) is 1. The molecule has 1 N–H and O–H groups in total. The zero-order chi connectivity index (χ0) is 20.6. The van der Waals surface area contributed by atoms with Gasteiger partial charge in [0, 0.05) is 12.6 Å². The maximum atomic E-state index is 13.0. The van der Waals surface area contributed by atoms with Crippen molar-refractivity contribution >= 4 is 23.4 Å². The monoisotopic (exact) mass is 414 g/mol. The Hall–Kier alpha value is -2.53. The number of hydrogen-bond donors (Lipinski definition) is 1. The summed E-state index contributed by atoms with van der Waals surface area (Å²) in [5.41, 5.74) is 0.958. The van der Waals surface area contributed by atoms with Crippen LogP contribution in [0.2, 0.25) is 5.02 Å². The smallest absolute Gasteiger partial charge is 0.261 e. The maximum absolute atomic E-state index is 13.0. The normalized spacial score (nSPS) is 15.0. The number of carbonyl (C=O) groups is 2. The van der Waals surface area contributed by atoms with Gasteiger partial charge in [-0.15, -0.1) is 0 Å². The van der Waals surface area contributed by atoms with E-state index in [4.69, 9.17) is 16.3 Å². The summed E-state index contributed by atoms with van der Waals surface area (Å²) in [6, 6.07) is 16.3. The first kappa shape index (κ1) is 21.2. The van der Waals surface area contributed by atoms with Crippen LogP contribution in [0.25, 0.3) is 0 Å². The predicted octanol–water partition coefficient (Wildman–Crippen LogP) is 4.19. The number of para-hydroxylation sites is 1. The first-order chi connectivity index (χ1) is 14.0. The van der Waals surface area contributed by atoms with E-state index in [2.05, 4.69) is 5.32 Å². The van der Waals surface area contributed by atoms with E-state index in [-0.39, 0.29) is 24.5 Å². The molecule has 1 unspecified atom stereocenters. The molecule has 3 rings (SSSR count). The number of rotatable bonds is 8. The van der Waals surface area contributed by atoms with Gasteiger partial charge in [0.25, 0.3) is 5.91 Å². The molecule has 2 aromatic carbocycles. The Labute approximate surface area is 177 Å². The molecule has 154 valence electrons. The summed E-state index contributed by atoms with van der Waals surface area (Å²) < 4.78 is 5.63. The Morgan fingerprint density at radius 3 is 2.45 bits per heavy atom. The van der Waals surface area contributed by atoms with Crippen molar-refractivity contribution in [3.05, 3.63) is 65.2 Å². The second kappa shape index (κ2) is 10.3. The fraction of sp³-hybridized carbons (Fsp3) is 0.391. The number of benzene rings is 2. The van der Waals surface area contributed by atoms with Gasteiger partial charge in [-0.3, -0.25) is 9.59 Å². The van der Waals surface area contributed by atoms with Crippen LogP contribution in [0.15, 0.2) is 54.6 Å². The number of halogens is 1. The number of ether oxygens (including phenoxy) is 1. The molecule has 1 aliphatic carbocycles. The Kier molecular flexibility index (Phi) is 7.53. The molecular formula is C23H27ClN2O3. The summed E-state index contributed by atoms with van der Waals surface area (Å²) in [6.07, 6.45) is 4.27. The minimum absolute atomic E-state index is 0.126. The van der Waals surface area contributed by atoms with Crippen molar-refractivity contribution in [1.82, 2.24) is 10.2 Å². The molecule has 29 heavy (non-hydrogen) atoms. The highest BCUT2D eigenvalue weighted by Gasteiger charge is 2.28. The molecule has 1 fully saturated rings.